The number of carbonyl (C=O) groups is 2. The van der Waals surface area contributed by atoms with E-state index in [1.165, 1.54) is 12.1 Å². The minimum Gasteiger partial charge on any atom is -0.482 e. The first-order chi connectivity index (χ1) is 11.9. The predicted molar refractivity (Wildman–Crippen MR) is 95.1 cm³/mol. The molecule has 0 saturated carbocycles. The molecule has 1 amide bonds. The number of benzene rings is 2. The highest BCUT2D eigenvalue weighted by Gasteiger charge is 2.12. The first-order valence-electron chi connectivity index (χ1n) is 7.46. The van der Waals surface area contributed by atoms with Crippen molar-refractivity contribution in [1.82, 2.24) is 0 Å². The highest BCUT2D eigenvalue weighted by atomic mass is 79.9. The number of ether oxygens (including phenoxy) is 2. The van der Waals surface area contributed by atoms with Crippen LogP contribution in [-0.2, 0) is 14.3 Å². The molecule has 132 valence electrons. The van der Waals surface area contributed by atoms with E-state index in [-0.39, 0.29) is 12.3 Å². The van der Waals surface area contributed by atoms with Crippen molar-refractivity contribution in [2.75, 3.05) is 18.5 Å². The van der Waals surface area contributed by atoms with Crippen LogP contribution < -0.4 is 10.1 Å². The van der Waals surface area contributed by atoms with Gasteiger partial charge in [-0.3, -0.25) is 4.79 Å². The second kappa shape index (κ2) is 8.62. The molecule has 5 nitrogen and oxygen atoms in total. The van der Waals surface area contributed by atoms with E-state index >= 15 is 0 Å². The highest BCUT2D eigenvalue weighted by Crippen LogP contribution is 2.21. The Bertz CT molecular complexity index is 795. The lowest BCUT2D eigenvalue weighted by molar-refractivity contribution is -0.149. The highest BCUT2D eigenvalue weighted by molar-refractivity contribution is 9.10. The Kier molecular flexibility index (Phi) is 6.52. The summed E-state index contributed by atoms with van der Waals surface area (Å²) in [6.07, 6.45) is 0. The monoisotopic (exact) mass is 409 g/mol. The molecule has 0 aliphatic heterocycles. The SMILES string of the molecule is Cc1cccc(OCC(=O)OCC(=O)Nc2ccc(Br)cc2F)c1C. The summed E-state index contributed by atoms with van der Waals surface area (Å²) in [5.41, 5.74) is 1.98. The lowest BCUT2D eigenvalue weighted by atomic mass is 10.1. The molecule has 0 fully saturated rings. The lowest BCUT2D eigenvalue weighted by Gasteiger charge is -2.11. The van der Waals surface area contributed by atoms with E-state index in [9.17, 15) is 14.0 Å². The van der Waals surface area contributed by atoms with Gasteiger partial charge in [0.25, 0.3) is 5.91 Å². The fourth-order valence-electron chi connectivity index (χ4n) is 1.98. The third kappa shape index (κ3) is 5.56. The van der Waals surface area contributed by atoms with Crippen molar-refractivity contribution < 1.29 is 23.5 Å². The van der Waals surface area contributed by atoms with Gasteiger partial charge < -0.3 is 14.8 Å². The molecular formula is C18H17BrFNO4. The van der Waals surface area contributed by atoms with Gasteiger partial charge in [0.2, 0.25) is 0 Å². The summed E-state index contributed by atoms with van der Waals surface area (Å²) in [5.74, 6) is -1.33. The summed E-state index contributed by atoms with van der Waals surface area (Å²) in [6, 6.07) is 9.72. The van der Waals surface area contributed by atoms with Gasteiger partial charge in [0.05, 0.1) is 5.69 Å². The number of halogens is 2. The minimum atomic E-state index is -0.688. The van der Waals surface area contributed by atoms with Crippen molar-refractivity contribution >= 4 is 33.5 Å². The molecule has 2 rings (SSSR count). The average molecular weight is 410 g/mol. The summed E-state index contributed by atoms with van der Waals surface area (Å²) in [5, 5.41) is 2.33. The lowest BCUT2D eigenvalue weighted by Crippen LogP contribution is -2.24. The number of aryl methyl sites for hydroxylation is 1. The van der Waals surface area contributed by atoms with E-state index in [0.29, 0.717) is 10.2 Å². The first kappa shape index (κ1) is 18.9. The van der Waals surface area contributed by atoms with E-state index < -0.39 is 24.3 Å². The maximum Gasteiger partial charge on any atom is 0.344 e. The minimum absolute atomic E-state index is 0.0101. The van der Waals surface area contributed by atoms with Gasteiger partial charge in [-0.25, -0.2) is 9.18 Å². The Labute approximate surface area is 153 Å². The van der Waals surface area contributed by atoms with Gasteiger partial charge in [0, 0.05) is 4.47 Å². The van der Waals surface area contributed by atoms with Crippen molar-refractivity contribution in [3.05, 3.63) is 57.8 Å². The van der Waals surface area contributed by atoms with Gasteiger partial charge in [-0.05, 0) is 49.2 Å². The fourth-order valence-corrected chi connectivity index (χ4v) is 2.32. The molecule has 0 bridgehead atoms. The van der Waals surface area contributed by atoms with E-state index in [0.717, 1.165) is 11.1 Å². The molecule has 2 aromatic rings. The van der Waals surface area contributed by atoms with E-state index in [1.54, 1.807) is 12.1 Å². The molecule has 0 radical (unpaired) electrons. The third-order valence-electron chi connectivity index (χ3n) is 3.47. The topological polar surface area (TPSA) is 64.6 Å². The second-order valence-electron chi connectivity index (χ2n) is 5.32. The molecule has 0 aliphatic carbocycles. The van der Waals surface area contributed by atoms with Crippen molar-refractivity contribution in [1.29, 1.82) is 0 Å². The van der Waals surface area contributed by atoms with Gasteiger partial charge >= 0.3 is 5.97 Å². The van der Waals surface area contributed by atoms with Crippen LogP contribution >= 0.6 is 15.9 Å². The van der Waals surface area contributed by atoms with Gasteiger partial charge in [-0.15, -0.1) is 0 Å². The Balaban J connectivity index is 1.79. The number of hydrogen-bond donors (Lipinski definition) is 1. The van der Waals surface area contributed by atoms with Gasteiger partial charge in [0.1, 0.15) is 11.6 Å². The van der Waals surface area contributed by atoms with Crippen molar-refractivity contribution in [3.63, 3.8) is 0 Å². The average Bonchev–Trinajstić information content (AvgIpc) is 2.57. The van der Waals surface area contributed by atoms with Crippen molar-refractivity contribution in [3.8, 4) is 5.75 Å². The van der Waals surface area contributed by atoms with Crippen LogP contribution in [-0.4, -0.2) is 25.1 Å². The molecule has 0 heterocycles. The summed E-state index contributed by atoms with van der Waals surface area (Å²) in [6.45, 7) is 2.98. The molecule has 2 aromatic carbocycles. The standard InChI is InChI=1S/C18H17BrFNO4/c1-11-4-3-5-16(12(11)2)24-10-18(23)25-9-17(22)21-15-7-6-13(19)8-14(15)20/h3-8H,9-10H2,1-2H3,(H,21,22). The van der Waals surface area contributed by atoms with Crippen molar-refractivity contribution in [2.45, 2.75) is 13.8 Å². The quantitative estimate of drug-likeness (QED) is 0.737. The summed E-state index contributed by atoms with van der Waals surface area (Å²) >= 11 is 3.12. The Morgan fingerprint density at radius 1 is 1.16 bits per heavy atom. The maximum absolute atomic E-state index is 13.6. The fraction of sp³-hybridized carbons (Fsp3) is 0.222. The molecule has 25 heavy (non-hydrogen) atoms. The molecule has 0 atom stereocenters. The molecule has 0 spiro atoms. The summed E-state index contributed by atoms with van der Waals surface area (Å²) in [4.78, 5) is 23.4. The number of nitrogens with one attached hydrogen (secondary N) is 1. The van der Waals surface area contributed by atoms with Crippen molar-refractivity contribution in [2.24, 2.45) is 0 Å². The van der Waals surface area contributed by atoms with Crippen LogP contribution in [0.15, 0.2) is 40.9 Å². The zero-order chi connectivity index (χ0) is 18.4. The number of amides is 1. The van der Waals surface area contributed by atoms with Crippen LogP contribution in [0.3, 0.4) is 0 Å². The molecule has 0 saturated heterocycles. The first-order valence-corrected chi connectivity index (χ1v) is 8.25. The smallest absolute Gasteiger partial charge is 0.344 e. The number of rotatable bonds is 6. The molecule has 7 heteroatoms. The van der Waals surface area contributed by atoms with Gasteiger partial charge in [0.15, 0.2) is 13.2 Å². The third-order valence-corrected chi connectivity index (χ3v) is 3.96. The Morgan fingerprint density at radius 2 is 1.92 bits per heavy atom. The Hall–Kier alpha value is -2.41. The molecular weight excluding hydrogens is 393 g/mol. The predicted octanol–water partition coefficient (Wildman–Crippen LogP) is 3.77. The number of carbonyl (C=O) groups excluding carboxylic acids is 2. The van der Waals surface area contributed by atoms with Crippen LogP contribution in [0.5, 0.6) is 5.75 Å². The number of hydrogen-bond acceptors (Lipinski definition) is 4. The molecule has 0 aromatic heterocycles. The van der Waals surface area contributed by atoms with Crippen LogP contribution in [0.1, 0.15) is 11.1 Å². The van der Waals surface area contributed by atoms with Crippen LogP contribution in [0.2, 0.25) is 0 Å². The van der Waals surface area contributed by atoms with Crippen LogP contribution in [0.25, 0.3) is 0 Å². The number of esters is 1. The maximum atomic E-state index is 13.6. The van der Waals surface area contributed by atoms with E-state index in [4.69, 9.17) is 9.47 Å². The molecule has 0 aliphatic rings. The van der Waals surface area contributed by atoms with E-state index in [1.807, 2.05) is 26.0 Å². The van der Waals surface area contributed by atoms with E-state index in [2.05, 4.69) is 21.2 Å². The molecule has 1 N–H and O–H groups in total. The number of anilines is 1. The summed E-state index contributed by atoms with van der Waals surface area (Å²) in [7, 11) is 0. The van der Waals surface area contributed by atoms with Gasteiger partial charge in [-0.1, -0.05) is 28.1 Å². The molecule has 0 unspecified atom stereocenters. The van der Waals surface area contributed by atoms with Gasteiger partial charge in [-0.2, -0.15) is 0 Å². The largest absolute Gasteiger partial charge is 0.482 e. The second-order valence-corrected chi connectivity index (χ2v) is 6.24. The zero-order valence-corrected chi connectivity index (χ0v) is 15.4. The van der Waals surface area contributed by atoms with Crippen LogP contribution in [0, 0.1) is 19.7 Å². The Morgan fingerprint density at radius 3 is 2.64 bits per heavy atom. The normalized spacial score (nSPS) is 10.2. The summed E-state index contributed by atoms with van der Waals surface area (Å²) < 4.78 is 24.4. The van der Waals surface area contributed by atoms with Crippen LogP contribution in [0.4, 0.5) is 10.1 Å². The zero-order valence-electron chi connectivity index (χ0n) is 13.8.